The van der Waals surface area contributed by atoms with Gasteiger partial charge in [-0.1, -0.05) is 0 Å². The Kier molecular flexibility index (Phi) is 4.20. The molecule has 0 unspecified atom stereocenters. The number of benzene rings is 1. The van der Waals surface area contributed by atoms with Gasteiger partial charge in [0.2, 0.25) is 0 Å². The number of aryl methyl sites for hydroxylation is 1. The fraction of sp³-hybridized carbons (Fsp3) is 0.231. The number of rotatable bonds is 3. The topological polar surface area (TPSA) is 66.4 Å². The summed E-state index contributed by atoms with van der Waals surface area (Å²) in [7, 11) is 0. The molecule has 0 aromatic heterocycles. The summed E-state index contributed by atoms with van der Waals surface area (Å²) in [5, 5.41) is 11.3. The number of nitrogens with one attached hydrogen (secondary N) is 1. The maximum Gasteiger partial charge on any atom is 0.331 e. The molecule has 0 atom stereocenters. The Morgan fingerprint density at radius 3 is 2.33 bits per heavy atom. The van der Waals surface area contributed by atoms with Gasteiger partial charge in [-0.25, -0.2) is 9.18 Å². The predicted octanol–water partition coefficient (Wildman–Crippen LogP) is 2.49. The maximum absolute atomic E-state index is 13.0. The lowest BCUT2D eigenvalue weighted by Crippen LogP contribution is -2.16. The van der Waals surface area contributed by atoms with Gasteiger partial charge >= 0.3 is 5.97 Å². The molecule has 0 saturated carbocycles. The SMILES string of the molecule is CC(C(=O)O)=C(C)C(=O)Nc1ccc(F)c(C)c1. The van der Waals surface area contributed by atoms with Gasteiger partial charge < -0.3 is 10.4 Å². The molecule has 0 aliphatic heterocycles. The van der Waals surface area contributed by atoms with Gasteiger partial charge in [-0.15, -0.1) is 0 Å². The number of anilines is 1. The molecule has 1 amide bonds. The van der Waals surface area contributed by atoms with Crippen LogP contribution in [0.25, 0.3) is 0 Å². The molecule has 1 aromatic rings. The van der Waals surface area contributed by atoms with E-state index in [-0.39, 0.29) is 17.0 Å². The third kappa shape index (κ3) is 3.16. The van der Waals surface area contributed by atoms with Gasteiger partial charge in [0.05, 0.1) is 0 Å². The van der Waals surface area contributed by atoms with E-state index in [4.69, 9.17) is 5.11 Å². The number of hydrogen-bond donors (Lipinski definition) is 2. The summed E-state index contributed by atoms with van der Waals surface area (Å²) in [5.41, 5.74) is 0.927. The van der Waals surface area contributed by atoms with Crippen molar-refractivity contribution in [2.75, 3.05) is 5.32 Å². The Bertz CT molecular complexity index is 535. The van der Waals surface area contributed by atoms with E-state index in [0.29, 0.717) is 11.3 Å². The third-order valence-electron chi connectivity index (χ3n) is 2.64. The van der Waals surface area contributed by atoms with Gasteiger partial charge in [-0.05, 0) is 44.5 Å². The van der Waals surface area contributed by atoms with Crippen LogP contribution in [-0.4, -0.2) is 17.0 Å². The van der Waals surface area contributed by atoms with Gasteiger partial charge in [0.1, 0.15) is 5.82 Å². The molecule has 5 heteroatoms. The van der Waals surface area contributed by atoms with Crippen LogP contribution in [0, 0.1) is 12.7 Å². The van der Waals surface area contributed by atoms with E-state index in [0.717, 1.165) is 0 Å². The number of aliphatic carboxylic acids is 1. The number of carboxylic acid groups (broad SMARTS) is 1. The first kappa shape index (κ1) is 13.9. The minimum Gasteiger partial charge on any atom is -0.478 e. The summed E-state index contributed by atoms with van der Waals surface area (Å²) in [4.78, 5) is 22.4. The fourth-order valence-corrected chi connectivity index (χ4v) is 1.28. The molecule has 96 valence electrons. The second-order valence-electron chi connectivity index (χ2n) is 3.97. The monoisotopic (exact) mass is 251 g/mol. The van der Waals surface area contributed by atoms with Crippen LogP contribution in [-0.2, 0) is 9.59 Å². The summed E-state index contributed by atoms with van der Waals surface area (Å²) in [5.74, 6) is -2.01. The van der Waals surface area contributed by atoms with E-state index in [1.165, 1.54) is 32.0 Å². The summed E-state index contributed by atoms with van der Waals surface area (Å²) in [6.07, 6.45) is 0. The molecule has 0 saturated heterocycles. The number of hydrogen-bond acceptors (Lipinski definition) is 2. The lowest BCUT2D eigenvalue weighted by Gasteiger charge is -2.08. The number of carbonyl (C=O) groups is 2. The molecule has 2 N–H and O–H groups in total. The molecule has 0 heterocycles. The highest BCUT2D eigenvalue weighted by Gasteiger charge is 2.13. The van der Waals surface area contributed by atoms with Crippen LogP contribution < -0.4 is 5.32 Å². The Balaban J connectivity index is 2.92. The maximum atomic E-state index is 13.0. The Labute approximate surface area is 104 Å². The quantitative estimate of drug-likeness (QED) is 0.811. The van der Waals surface area contributed by atoms with Gasteiger partial charge in [-0.2, -0.15) is 0 Å². The summed E-state index contributed by atoms with van der Waals surface area (Å²) >= 11 is 0. The van der Waals surface area contributed by atoms with E-state index in [9.17, 15) is 14.0 Å². The largest absolute Gasteiger partial charge is 0.478 e. The van der Waals surface area contributed by atoms with Crippen LogP contribution in [0.1, 0.15) is 19.4 Å². The molecule has 1 rings (SSSR count). The van der Waals surface area contributed by atoms with E-state index >= 15 is 0 Å². The summed E-state index contributed by atoms with van der Waals surface area (Å²) in [6, 6.07) is 4.15. The summed E-state index contributed by atoms with van der Waals surface area (Å²) in [6.45, 7) is 4.36. The number of halogens is 1. The zero-order chi connectivity index (χ0) is 13.9. The van der Waals surface area contributed by atoms with Gasteiger partial charge in [0.15, 0.2) is 0 Å². The van der Waals surface area contributed by atoms with Crippen molar-refractivity contribution >= 4 is 17.6 Å². The lowest BCUT2D eigenvalue weighted by molar-refractivity contribution is -0.133. The van der Waals surface area contributed by atoms with Gasteiger partial charge in [0.25, 0.3) is 5.91 Å². The van der Waals surface area contributed by atoms with Crippen molar-refractivity contribution in [3.63, 3.8) is 0 Å². The van der Waals surface area contributed by atoms with E-state index in [1.807, 2.05) is 0 Å². The van der Waals surface area contributed by atoms with Crippen molar-refractivity contribution in [1.29, 1.82) is 0 Å². The highest BCUT2D eigenvalue weighted by atomic mass is 19.1. The third-order valence-corrected chi connectivity index (χ3v) is 2.64. The van der Waals surface area contributed by atoms with E-state index in [1.54, 1.807) is 6.92 Å². The van der Waals surface area contributed by atoms with Crippen LogP contribution in [0.3, 0.4) is 0 Å². The molecule has 4 nitrogen and oxygen atoms in total. The minimum absolute atomic E-state index is 0.0219. The normalized spacial score (nSPS) is 11.8. The van der Waals surface area contributed by atoms with Crippen molar-refractivity contribution in [2.45, 2.75) is 20.8 Å². The molecule has 18 heavy (non-hydrogen) atoms. The second kappa shape index (κ2) is 5.44. The lowest BCUT2D eigenvalue weighted by atomic mass is 10.1. The zero-order valence-electron chi connectivity index (χ0n) is 10.4. The molecule has 0 spiro atoms. The molecule has 0 aliphatic carbocycles. The number of carboxylic acids is 1. The van der Waals surface area contributed by atoms with Crippen LogP contribution in [0.5, 0.6) is 0 Å². The number of amides is 1. The first-order valence-electron chi connectivity index (χ1n) is 5.31. The fourth-order valence-electron chi connectivity index (χ4n) is 1.28. The second-order valence-corrected chi connectivity index (χ2v) is 3.97. The summed E-state index contributed by atoms with van der Waals surface area (Å²) < 4.78 is 13.0. The molecule has 1 aromatic carbocycles. The van der Waals surface area contributed by atoms with Crippen molar-refractivity contribution in [2.24, 2.45) is 0 Å². The van der Waals surface area contributed by atoms with Crippen molar-refractivity contribution in [3.8, 4) is 0 Å². The van der Waals surface area contributed by atoms with Crippen molar-refractivity contribution < 1.29 is 19.1 Å². The molecule has 0 aliphatic rings. The molecule has 0 bridgehead atoms. The minimum atomic E-state index is -1.14. The van der Waals surface area contributed by atoms with E-state index < -0.39 is 11.9 Å². The van der Waals surface area contributed by atoms with Crippen molar-refractivity contribution in [3.05, 3.63) is 40.7 Å². The van der Waals surface area contributed by atoms with Gasteiger partial charge in [-0.3, -0.25) is 4.79 Å². The van der Waals surface area contributed by atoms with E-state index in [2.05, 4.69) is 5.32 Å². The highest BCUT2D eigenvalue weighted by Crippen LogP contribution is 2.15. The zero-order valence-corrected chi connectivity index (χ0v) is 10.4. The Morgan fingerprint density at radius 2 is 1.83 bits per heavy atom. The Hall–Kier alpha value is -2.17. The number of carbonyl (C=O) groups excluding carboxylic acids is 1. The molecular formula is C13H14FNO3. The predicted molar refractivity (Wildman–Crippen MR) is 65.8 cm³/mol. The van der Waals surface area contributed by atoms with Crippen LogP contribution in [0.4, 0.5) is 10.1 Å². The highest BCUT2D eigenvalue weighted by molar-refractivity contribution is 6.08. The van der Waals surface area contributed by atoms with Crippen LogP contribution >= 0.6 is 0 Å². The molecular weight excluding hydrogens is 237 g/mol. The van der Waals surface area contributed by atoms with Crippen molar-refractivity contribution in [1.82, 2.24) is 0 Å². The molecule has 0 fully saturated rings. The smallest absolute Gasteiger partial charge is 0.331 e. The first-order chi connectivity index (χ1) is 8.32. The standard InChI is InChI=1S/C13H14FNO3/c1-7-6-10(4-5-11(7)14)15-12(16)8(2)9(3)13(17)18/h4-6H,1-3H3,(H,15,16)(H,17,18). The Morgan fingerprint density at radius 1 is 1.22 bits per heavy atom. The average molecular weight is 251 g/mol. The van der Waals surface area contributed by atoms with Gasteiger partial charge in [0, 0.05) is 16.8 Å². The van der Waals surface area contributed by atoms with Crippen LogP contribution in [0.15, 0.2) is 29.3 Å². The average Bonchev–Trinajstić information content (AvgIpc) is 2.31. The van der Waals surface area contributed by atoms with Crippen LogP contribution in [0.2, 0.25) is 0 Å². The first-order valence-corrected chi connectivity index (χ1v) is 5.31. The molecule has 0 radical (unpaired) electrons.